The van der Waals surface area contributed by atoms with Crippen molar-refractivity contribution in [1.82, 2.24) is 5.32 Å². The molecule has 0 aromatic heterocycles. The van der Waals surface area contributed by atoms with E-state index in [1.54, 1.807) is 18.2 Å². The number of aliphatic hydroxyl groups excluding tert-OH is 1. The molecule has 4 aromatic carbocycles. The van der Waals surface area contributed by atoms with Gasteiger partial charge in [0.05, 0.1) is 6.61 Å². The lowest BCUT2D eigenvalue weighted by Crippen LogP contribution is -2.49. The van der Waals surface area contributed by atoms with Crippen molar-refractivity contribution in [2.75, 3.05) is 32.2 Å². The fourth-order valence-electron chi connectivity index (χ4n) is 5.13. The van der Waals surface area contributed by atoms with E-state index in [4.69, 9.17) is 42.8 Å². The van der Waals surface area contributed by atoms with Gasteiger partial charge in [0, 0.05) is 71.4 Å². The number of hydrogen-bond acceptors (Lipinski definition) is 6. The average Bonchev–Trinajstić information content (AvgIpc) is 3.41. The van der Waals surface area contributed by atoms with E-state index in [-0.39, 0.29) is 18.9 Å². The second-order valence-corrected chi connectivity index (χ2v) is 12.8. The number of halogens is 3. The number of nitrogens with zero attached hydrogens (tertiary/aromatic N) is 2. The molecule has 0 aliphatic carbocycles. The van der Waals surface area contributed by atoms with Crippen LogP contribution in [-0.2, 0) is 22.5 Å². The lowest BCUT2D eigenvalue weighted by molar-refractivity contribution is -0.129. The van der Waals surface area contributed by atoms with Crippen molar-refractivity contribution in [1.29, 1.82) is 0 Å². The number of benzene rings is 4. The molecular weight excluding hydrogens is 677 g/mol. The van der Waals surface area contributed by atoms with E-state index >= 15 is 0 Å². The molecule has 2 N–H and O–H groups in total. The summed E-state index contributed by atoms with van der Waals surface area (Å²) < 4.78 is 13.2. The van der Waals surface area contributed by atoms with E-state index < -0.39 is 11.6 Å². The zero-order chi connectivity index (χ0) is 32.0. The molecule has 0 radical (unpaired) electrons. The highest BCUT2D eigenvalue weighted by atomic mass is 79.9. The number of aliphatic imine (C=N–C) groups is 1. The van der Waals surface area contributed by atoms with Crippen LogP contribution in [0, 0.1) is 0 Å². The minimum absolute atomic E-state index is 0.0568. The highest BCUT2D eigenvalue weighted by molar-refractivity contribution is 9.10. The highest BCUT2D eigenvalue weighted by Crippen LogP contribution is 2.45. The van der Waals surface area contributed by atoms with Gasteiger partial charge in [0.15, 0.2) is 11.6 Å². The van der Waals surface area contributed by atoms with Crippen molar-refractivity contribution in [3.05, 3.63) is 128 Å². The normalized spacial score (nSPS) is 17.4. The fourth-order valence-corrected chi connectivity index (χ4v) is 5.91. The summed E-state index contributed by atoms with van der Waals surface area (Å²) in [5.41, 5.74) is 2.81. The molecule has 234 valence electrons. The maximum absolute atomic E-state index is 14.5. The summed E-state index contributed by atoms with van der Waals surface area (Å²) >= 11 is 16.5. The summed E-state index contributed by atoms with van der Waals surface area (Å²) in [5.74, 6) is 0.676. The van der Waals surface area contributed by atoms with Crippen molar-refractivity contribution in [3.63, 3.8) is 0 Å². The molecule has 10 heteroatoms. The third-order valence-corrected chi connectivity index (χ3v) is 8.66. The molecule has 4 aromatic rings. The Kier molecular flexibility index (Phi) is 10.7. The van der Waals surface area contributed by atoms with Crippen LogP contribution in [-0.4, -0.2) is 49.8 Å². The third-order valence-electron chi connectivity index (χ3n) is 7.57. The predicted molar refractivity (Wildman–Crippen MR) is 184 cm³/mol. The summed E-state index contributed by atoms with van der Waals surface area (Å²) in [6, 6.07) is 28.3. The lowest BCUT2D eigenvalue weighted by Gasteiger charge is -2.31. The summed E-state index contributed by atoms with van der Waals surface area (Å²) in [6.07, 6.45) is -0.0621. The number of aliphatic hydroxyl groups is 1. The molecule has 0 saturated carbocycles. The van der Waals surface area contributed by atoms with Gasteiger partial charge in [0.1, 0.15) is 5.75 Å². The van der Waals surface area contributed by atoms with Crippen molar-refractivity contribution in [2.24, 2.45) is 4.99 Å². The van der Waals surface area contributed by atoms with Crippen molar-refractivity contribution in [3.8, 4) is 5.75 Å². The summed E-state index contributed by atoms with van der Waals surface area (Å²) in [5, 5.41) is 13.1. The van der Waals surface area contributed by atoms with Crippen LogP contribution in [0.1, 0.15) is 34.8 Å². The van der Waals surface area contributed by atoms with E-state index in [1.807, 2.05) is 91.8 Å². The Balaban J connectivity index is 1.55. The zero-order valence-corrected chi connectivity index (χ0v) is 28.1. The van der Waals surface area contributed by atoms with E-state index in [0.717, 1.165) is 21.3 Å². The second kappa shape index (κ2) is 14.7. The second-order valence-electron chi connectivity index (χ2n) is 11.0. The van der Waals surface area contributed by atoms with E-state index in [2.05, 4.69) is 21.2 Å². The molecule has 1 aliphatic rings. The minimum atomic E-state index is -1.40. The molecule has 0 bridgehead atoms. The first-order chi connectivity index (χ1) is 21.7. The van der Waals surface area contributed by atoms with Gasteiger partial charge < -0.3 is 24.8 Å². The SMILES string of the molecule is CN(C)c1ccc(CNC(=O)[C@]2(Cc3ccc(Br)cc3)N=C(c3ccc(OCCCO)cc3)O[C@@H]2c2ccc(Cl)cc2Cl)cc1. The van der Waals surface area contributed by atoms with Gasteiger partial charge in [0.25, 0.3) is 5.91 Å². The van der Waals surface area contributed by atoms with Crippen LogP contribution in [0.5, 0.6) is 5.75 Å². The maximum atomic E-state index is 14.5. The van der Waals surface area contributed by atoms with E-state index in [1.165, 1.54) is 0 Å². The molecule has 1 amide bonds. The van der Waals surface area contributed by atoms with Crippen molar-refractivity contribution >= 4 is 56.6 Å². The quantitative estimate of drug-likeness (QED) is 0.150. The number of carbonyl (C=O) groups is 1. The van der Waals surface area contributed by atoms with Gasteiger partial charge in [-0.2, -0.15) is 0 Å². The van der Waals surface area contributed by atoms with Crippen molar-refractivity contribution in [2.45, 2.75) is 31.0 Å². The Morgan fingerprint density at radius 2 is 1.69 bits per heavy atom. The molecular formula is C35H34BrCl2N3O4. The summed E-state index contributed by atoms with van der Waals surface area (Å²) in [4.78, 5) is 21.6. The molecule has 0 unspecified atom stereocenters. The number of nitrogens with one attached hydrogen (secondary N) is 1. The minimum Gasteiger partial charge on any atom is -0.494 e. The Labute approximate surface area is 281 Å². The predicted octanol–water partition coefficient (Wildman–Crippen LogP) is 7.40. The number of ether oxygens (including phenoxy) is 2. The largest absolute Gasteiger partial charge is 0.494 e. The topological polar surface area (TPSA) is 83.4 Å². The van der Waals surface area contributed by atoms with Crippen LogP contribution in [0.4, 0.5) is 5.69 Å². The molecule has 0 fully saturated rings. The van der Waals surface area contributed by atoms with E-state index in [0.29, 0.717) is 52.4 Å². The molecule has 45 heavy (non-hydrogen) atoms. The molecule has 5 rings (SSSR count). The first-order valence-corrected chi connectivity index (χ1v) is 16.1. The summed E-state index contributed by atoms with van der Waals surface area (Å²) in [6.45, 7) is 0.764. The smallest absolute Gasteiger partial charge is 0.252 e. The molecule has 7 nitrogen and oxygen atoms in total. The van der Waals surface area contributed by atoms with Crippen LogP contribution in [0.15, 0.2) is 100 Å². The Bertz CT molecular complexity index is 1650. The Hall–Kier alpha value is -3.56. The van der Waals surface area contributed by atoms with Crippen LogP contribution >= 0.6 is 39.1 Å². The van der Waals surface area contributed by atoms with Crippen molar-refractivity contribution < 1.29 is 19.4 Å². The van der Waals surface area contributed by atoms with Gasteiger partial charge in [-0.1, -0.05) is 69.5 Å². The monoisotopic (exact) mass is 709 g/mol. The van der Waals surface area contributed by atoms with E-state index in [9.17, 15) is 4.79 Å². The number of carbonyl (C=O) groups excluding carboxylic acids is 1. The maximum Gasteiger partial charge on any atom is 0.252 e. The number of amides is 1. The number of hydrogen-bond donors (Lipinski definition) is 2. The highest BCUT2D eigenvalue weighted by Gasteiger charge is 2.53. The molecule has 1 aliphatic heterocycles. The van der Waals surface area contributed by atoms with Gasteiger partial charge >= 0.3 is 0 Å². The molecule has 0 spiro atoms. The van der Waals surface area contributed by atoms with Gasteiger partial charge in [-0.3, -0.25) is 4.79 Å². The van der Waals surface area contributed by atoms with Gasteiger partial charge in [-0.05, 0) is 71.8 Å². The van der Waals surface area contributed by atoms with Gasteiger partial charge in [-0.15, -0.1) is 0 Å². The Morgan fingerprint density at radius 1 is 1.00 bits per heavy atom. The van der Waals surface area contributed by atoms with Gasteiger partial charge in [0.2, 0.25) is 5.90 Å². The molecule has 2 atom stereocenters. The first-order valence-electron chi connectivity index (χ1n) is 14.5. The van der Waals surface area contributed by atoms with Crippen LogP contribution in [0.2, 0.25) is 10.0 Å². The first kappa shape index (κ1) is 32.8. The van der Waals surface area contributed by atoms with Crippen LogP contribution in [0.3, 0.4) is 0 Å². The lowest BCUT2D eigenvalue weighted by atomic mass is 9.82. The average molecular weight is 711 g/mol. The standard InChI is InChI=1S/C35H34BrCl2N3O4/c1-41(2)28-13-6-24(7-14-28)22-39-34(43)35(21-23-4-10-26(36)11-5-23)32(30-17-12-27(37)20-31(30)38)45-33(40-35)25-8-15-29(16-9-25)44-19-3-18-42/h4-17,20,32,42H,3,18-19,21-22H2,1-2H3,(H,39,43)/t32-,35-/m1/s1. The molecule has 0 saturated heterocycles. The third kappa shape index (κ3) is 7.82. The van der Waals surface area contributed by atoms with Crippen LogP contribution in [0.25, 0.3) is 0 Å². The fraction of sp³-hybridized carbons (Fsp3) is 0.257. The zero-order valence-electron chi connectivity index (χ0n) is 25.0. The number of anilines is 1. The molecule has 1 heterocycles. The van der Waals surface area contributed by atoms with Crippen LogP contribution < -0.4 is 15.0 Å². The summed E-state index contributed by atoms with van der Waals surface area (Å²) in [7, 11) is 3.97. The van der Waals surface area contributed by atoms with Gasteiger partial charge in [-0.25, -0.2) is 4.99 Å². The number of rotatable bonds is 12. The Morgan fingerprint density at radius 3 is 2.33 bits per heavy atom.